The third kappa shape index (κ3) is 10.4. The average molecular weight is 439 g/mol. The Morgan fingerprint density at radius 2 is 1.06 bits per heavy atom. The molecule has 1 fully saturated rings. The molecule has 1 aliphatic rings. The van der Waals surface area contributed by atoms with E-state index in [2.05, 4.69) is 62.3 Å². The molecule has 1 saturated carbocycles. The van der Waals surface area contributed by atoms with Crippen molar-refractivity contribution in [3.63, 3.8) is 0 Å². The van der Waals surface area contributed by atoms with Gasteiger partial charge in [-0.3, -0.25) is 9.59 Å². The molecule has 0 heterocycles. The standard InChI is InChI=1S/C27H50O4/c1-17(2)13-22(14-18(3)4)30-26(28)24-12-10-11-21(9)25(24)27(29)31-23(15-19(5)6)16-20(7)8/h17-25H,10-16H2,1-9H3. The predicted molar refractivity (Wildman–Crippen MR) is 128 cm³/mol. The summed E-state index contributed by atoms with van der Waals surface area (Å²) in [6, 6.07) is 0. The van der Waals surface area contributed by atoms with Crippen molar-refractivity contribution in [3.05, 3.63) is 0 Å². The topological polar surface area (TPSA) is 52.6 Å². The molecule has 31 heavy (non-hydrogen) atoms. The number of hydrogen-bond donors (Lipinski definition) is 0. The van der Waals surface area contributed by atoms with Gasteiger partial charge in [0.05, 0.1) is 11.8 Å². The third-order valence-electron chi connectivity index (χ3n) is 6.30. The van der Waals surface area contributed by atoms with Crippen molar-refractivity contribution in [2.45, 2.75) is 119 Å². The van der Waals surface area contributed by atoms with Gasteiger partial charge < -0.3 is 9.47 Å². The minimum absolute atomic E-state index is 0.0731. The Balaban J connectivity index is 2.94. The second-order valence-corrected chi connectivity index (χ2v) is 11.7. The smallest absolute Gasteiger partial charge is 0.310 e. The summed E-state index contributed by atoms with van der Waals surface area (Å²) in [7, 11) is 0. The van der Waals surface area contributed by atoms with Gasteiger partial charge >= 0.3 is 11.9 Å². The molecule has 0 aliphatic heterocycles. The molecular weight excluding hydrogens is 388 g/mol. The molecule has 182 valence electrons. The number of carbonyl (C=O) groups is 2. The highest BCUT2D eigenvalue weighted by Gasteiger charge is 2.43. The monoisotopic (exact) mass is 438 g/mol. The fraction of sp³-hybridized carbons (Fsp3) is 0.926. The predicted octanol–water partition coefficient (Wildman–Crippen LogP) is 7.05. The van der Waals surface area contributed by atoms with Gasteiger partial charge in [-0.15, -0.1) is 0 Å². The fourth-order valence-corrected chi connectivity index (χ4v) is 5.06. The van der Waals surface area contributed by atoms with Crippen molar-refractivity contribution in [2.24, 2.45) is 41.4 Å². The van der Waals surface area contributed by atoms with Gasteiger partial charge in [-0.1, -0.05) is 68.7 Å². The van der Waals surface area contributed by atoms with Gasteiger partial charge in [0.15, 0.2) is 0 Å². The van der Waals surface area contributed by atoms with Gasteiger partial charge in [0, 0.05) is 0 Å². The number of ether oxygens (including phenoxy) is 2. The summed E-state index contributed by atoms with van der Waals surface area (Å²) in [5.74, 6) is 0.868. The van der Waals surface area contributed by atoms with E-state index in [1.807, 2.05) is 0 Å². The highest BCUT2D eigenvalue weighted by atomic mass is 16.6. The lowest BCUT2D eigenvalue weighted by Crippen LogP contribution is -2.42. The third-order valence-corrected chi connectivity index (χ3v) is 6.30. The molecule has 4 nitrogen and oxygen atoms in total. The number of carbonyl (C=O) groups excluding carboxylic acids is 2. The molecule has 0 aromatic carbocycles. The Labute approximate surface area is 192 Å². The van der Waals surface area contributed by atoms with Crippen molar-refractivity contribution in [2.75, 3.05) is 0 Å². The molecule has 3 atom stereocenters. The first-order valence-corrected chi connectivity index (χ1v) is 12.8. The first-order chi connectivity index (χ1) is 14.4. The van der Waals surface area contributed by atoms with E-state index in [-0.39, 0.29) is 41.9 Å². The molecule has 4 heteroatoms. The van der Waals surface area contributed by atoms with E-state index in [0.29, 0.717) is 23.7 Å². The summed E-state index contributed by atoms with van der Waals surface area (Å²) >= 11 is 0. The Morgan fingerprint density at radius 3 is 1.45 bits per heavy atom. The van der Waals surface area contributed by atoms with E-state index >= 15 is 0 Å². The van der Waals surface area contributed by atoms with Gasteiger partial charge in [0.1, 0.15) is 12.2 Å². The Hall–Kier alpha value is -1.06. The zero-order valence-corrected chi connectivity index (χ0v) is 21.8. The van der Waals surface area contributed by atoms with Crippen LogP contribution < -0.4 is 0 Å². The summed E-state index contributed by atoms with van der Waals surface area (Å²) < 4.78 is 12.1. The normalized spacial score (nSPS) is 22.2. The van der Waals surface area contributed by atoms with Crippen molar-refractivity contribution in [1.29, 1.82) is 0 Å². The maximum Gasteiger partial charge on any atom is 0.310 e. The zero-order chi connectivity index (χ0) is 23.7. The summed E-state index contributed by atoms with van der Waals surface area (Å²) in [6.07, 6.45) is 5.96. The molecule has 0 aromatic heterocycles. The molecule has 0 amide bonds. The molecular formula is C27H50O4. The Morgan fingerprint density at radius 1 is 0.677 bits per heavy atom. The molecule has 0 radical (unpaired) electrons. The molecule has 0 spiro atoms. The Kier molecular flexibility index (Phi) is 12.2. The van der Waals surface area contributed by atoms with E-state index in [1.165, 1.54) is 0 Å². The second kappa shape index (κ2) is 13.5. The lowest BCUT2D eigenvalue weighted by Gasteiger charge is -2.35. The van der Waals surface area contributed by atoms with Gasteiger partial charge in [-0.25, -0.2) is 0 Å². The lowest BCUT2D eigenvalue weighted by atomic mass is 9.72. The summed E-state index contributed by atoms with van der Waals surface area (Å²) in [5, 5.41) is 0. The fourth-order valence-electron chi connectivity index (χ4n) is 5.06. The molecule has 0 aromatic rings. The van der Waals surface area contributed by atoms with E-state index in [1.54, 1.807) is 0 Å². The minimum Gasteiger partial charge on any atom is -0.462 e. The summed E-state index contributed by atoms with van der Waals surface area (Å²) in [6.45, 7) is 19.4. The highest BCUT2D eigenvalue weighted by molar-refractivity contribution is 5.82. The quantitative estimate of drug-likeness (QED) is 0.306. The van der Waals surface area contributed by atoms with Crippen LogP contribution in [-0.4, -0.2) is 24.1 Å². The second-order valence-electron chi connectivity index (χ2n) is 11.7. The van der Waals surface area contributed by atoms with E-state index in [0.717, 1.165) is 44.9 Å². The SMILES string of the molecule is CC(C)CC(CC(C)C)OC(=O)C1CCCC(C)C1C(=O)OC(CC(C)C)CC(C)C. The van der Waals surface area contributed by atoms with Crippen LogP contribution >= 0.6 is 0 Å². The number of esters is 2. The molecule has 3 unspecified atom stereocenters. The van der Waals surface area contributed by atoms with Crippen LogP contribution in [0.3, 0.4) is 0 Å². The minimum atomic E-state index is -0.387. The first-order valence-electron chi connectivity index (χ1n) is 12.8. The lowest BCUT2D eigenvalue weighted by molar-refractivity contribution is -0.173. The highest BCUT2D eigenvalue weighted by Crippen LogP contribution is 2.38. The van der Waals surface area contributed by atoms with Crippen LogP contribution in [0.2, 0.25) is 0 Å². The van der Waals surface area contributed by atoms with Gasteiger partial charge in [-0.05, 0) is 68.1 Å². The Bertz CT molecular complexity index is 517. The average Bonchev–Trinajstić information content (AvgIpc) is 2.58. The first kappa shape index (κ1) is 28.0. The van der Waals surface area contributed by atoms with Gasteiger partial charge in [0.25, 0.3) is 0 Å². The van der Waals surface area contributed by atoms with Gasteiger partial charge in [-0.2, -0.15) is 0 Å². The molecule has 0 bridgehead atoms. The van der Waals surface area contributed by atoms with Crippen LogP contribution in [0.5, 0.6) is 0 Å². The van der Waals surface area contributed by atoms with E-state index in [4.69, 9.17) is 9.47 Å². The van der Waals surface area contributed by atoms with Crippen molar-refractivity contribution in [1.82, 2.24) is 0 Å². The maximum absolute atomic E-state index is 13.3. The molecule has 1 aliphatic carbocycles. The summed E-state index contributed by atoms with van der Waals surface area (Å²) in [5.41, 5.74) is 0. The van der Waals surface area contributed by atoms with Crippen molar-refractivity contribution >= 4 is 11.9 Å². The van der Waals surface area contributed by atoms with E-state index < -0.39 is 0 Å². The van der Waals surface area contributed by atoms with Crippen molar-refractivity contribution < 1.29 is 19.1 Å². The molecule has 0 saturated heterocycles. The zero-order valence-electron chi connectivity index (χ0n) is 21.8. The van der Waals surface area contributed by atoms with Crippen LogP contribution in [-0.2, 0) is 19.1 Å². The maximum atomic E-state index is 13.3. The largest absolute Gasteiger partial charge is 0.462 e. The van der Waals surface area contributed by atoms with Crippen LogP contribution in [0.1, 0.15) is 107 Å². The van der Waals surface area contributed by atoms with E-state index in [9.17, 15) is 9.59 Å². The van der Waals surface area contributed by atoms with Crippen LogP contribution in [0, 0.1) is 41.4 Å². The van der Waals surface area contributed by atoms with Gasteiger partial charge in [0.2, 0.25) is 0 Å². The van der Waals surface area contributed by atoms with Crippen LogP contribution in [0.25, 0.3) is 0 Å². The van der Waals surface area contributed by atoms with Crippen LogP contribution in [0.4, 0.5) is 0 Å². The number of rotatable bonds is 12. The molecule has 0 N–H and O–H groups in total. The van der Waals surface area contributed by atoms with Crippen LogP contribution in [0.15, 0.2) is 0 Å². The van der Waals surface area contributed by atoms with Crippen molar-refractivity contribution in [3.8, 4) is 0 Å². The summed E-state index contributed by atoms with van der Waals surface area (Å²) in [4.78, 5) is 26.6. The number of hydrogen-bond acceptors (Lipinski definition) is 4. The molecule has 1 rings (SSSR count).